The number of ether oxygens (including phenoxy) is 1. The van der Waals surface area contributed by atoms with Gasteiger partial charge in [0.05, 0.1) is 12.1 Å². The molecule has 2 atom stereocenters. The minimum Gasteiger partial charge on any atom is -0.356 e. The van der Waals surface area contributed by atoms with Crippen LogP contribution in [0.15, 0.2) is 36.5 Å². The van der Waals surface area contributed by atoms with Crippen LogP contribution in [-0.2, 0) is 20.9 Å². The second kappa shape index (κ2) is 7.33. The molecule has 3 rings (SSSR count). The average molecular weight is 357 g/mol. The molecule has 1 fully saturated rings. The van der Waals surface area contributed by atoms with Crippen molar-refractivity contribution >= 4 is 17.6 Å². The molecule has 1 aliphatic heterocycles. The average Bonchev–Trinajstić information content (AvgIpc) is 3.05. The van der Waals surface area contributed by atoms with Gasteiger partial charge in [0, 0.05) is 19.3 Å². The third kappa shape index (κ3) is 3.55. The monoisotopic (exact) mass is 357 g/mol. The molecule has 26 heavy (non-hydrogen) atoms. The van der Waals surface area contributed by atoms with Crippen LogP contribution in [0.3, 0.4) is 0 Å². The van der Waals surface area contributed by atoms with Gasteiger partial charge in [0.2, 0.25) is 5.91 Å². The van der Waals surface area contributed by atoms with Crippen LogP contribution in [0.1, 0.15) is 11.6 Å². The Kier molecular flexibility index (Phi) is 4.95. The van der Waals surface area contributed by atoms with Crippen LogP contribution in [0.25, 0.3) is 0 Å². The van der Waals surface area contributed by atoms with Crippen LogP contribution in [0.4, 0.5) is 10.2 Å². The number of benzene rings is 1. The predicted molar refractivity (Wildman–Crippen MR) is 88.1 cm³/mol. The minimum absolute atomic E-state index is 0.0608. The Hall–Kier alpha value is -3.25. The Morgan fingerprint density at radius 2 is 2.15 bits per heavy atom. The van der Waals surface area contributed by atoms with Gasteiger partial charge in [0.1, 0.15) is 19.0 Å². The van der Waals surface area contributed by atoms with Crippen molar-refractivity contribution in [2.75, 3.05) is 19.0 Å². The summed E-state index contributed by atoms with van der Waals surface area (Å²) < 4.78 is 20.1. The number of amides is 2. The summed E-state index contributed by atoms with van der Waals surface area (Å²) in [7, 11) is 1.57. The Balaban J connectivity index is 1.82. The van der Waals surface area contributed by atoms with Crippen molar-refractivity contribution in [2.45, 2.75) is 18.7 Å². The van der Waals surface area contributed by atoms with E-state index in [1.807, 2.05) is 6.07 Å². The van der Waals surface area contributed by atoms with Crippen molar-refractivity contribution in [1.82, 2.24) is 14.7 Å². The van der Waals surface area contributed by atoms with Gasteiger partial charge < -0.3 is 15.0 Å². The summed E-state index contributed by atoms with van der Waals surface area (Å²) in [5.74, 6) is -0.905. The van der Waals surface area contributed by atoms with E-state index in [-0.39, 0.29) is 24.9 Å². The van der Waals surface area contributed by atoms with Crippen molar-refractivity contribution in [1.29, 1.82) is 5.26 Å². The molecule has 0 spiro atoms. The second-order valence-corrected chi connectivity index (χ2v) is 5.78. The first-order valence-corrected chi connectivity index (χ1v) is 7.83. The number of halogens is 1. The summed E-state index contributed by atoms with van der Waals surface area (Å²) in [4.78, 5) is 26.1. The topological polar surface area (TPSA) is 100 Å². The Labute approximate surface area is 148 Å². The van der Waals surface area contributed by atoms with Gasteiger partial charge >= 0.3 is 0 Å². The largest absolute Gasteiger partial charge is 0.356 e. The van der Waals surface area contributed by atoms with E-state index in [1.165, 1.54) is 33.8 Å². The van der Waals surface area contributed by atoms with Crippen molar-refractivity contribution in [3.8, 4) is 6.07 Å². The molecule has 8 nitrogen and oxygen atoms in total. The Morgan fingerprint density at radius 3 is 2.85 bits per heavy atom. The highest BCUT2D eigenvalue weighted by atomic mass is 19.1. The maximum absolute atomic E-state index is 13.2. The summed E-state index contributed by atoms with van der Waals surface area (Å²) in [6.45, 7) is -0.166. The number of nitrogens with zero attached hydrogens (tertiary/aromatic N) is 4. The van der Waals surface area contributed by atoms with E-state index in [0.717, 1.165) is 0 Å². The van der Waals surface area contributed by atoms with E-state index in [9.17, 15) is 14.0 Å². The summed E-state index contributed by atoms with van der Waals surface area (Å²) >= 11 is 0. The molecule has 134 valence electrons. The first-order valence-electron chi connectivity index (χ1n) is 7.83. The van der Waals surface area contributed by atoms with Crippen molar-refractivity contribution < 1.29 is 18.7 Å². The van der Waals surface area contributed by atoms with Gasteiger partial charge in [-0.25, -0.2) is 4.39 Å². The smallest absolute Gasteiger partial charge is 0.257 e. The van der Waals surface area contributed by atoms with Crippen molar-refractivity contribution in [2.24, 2.45) is 0 Å². The molecule has 1 aromatic heterocycles. The number of anilines is 1. The van der Waals surface area contributed by atoms with Crippen LogP contribution in [-0.4, -0.2) is 46.3 Å². The number of nitrogens with one attached hydrogen (secondary N) is 1. The molecule has 0 radical (unpaired) electrons. The summed E-state index contributed by atoms with van der Waals surface area (Å²) in [6, 6.07) is 8.36. The van der Waals surface area contributed by atoms with Gasteiger partial charge in [-0.2, -0.15) is 10.4 Å². The van der Waals surface area contributed by atoms with Crippen molar-refractivity contribution in [3.63, 3.8) is 0 Å². The fourth-order valence-electron chi connectivity index (χ4n) is 2.78. The van der Waals surface area contributed by atoms with E-state index in [4.69, 9.17) is 10.00 Å². The molecule has 2 unspecified atom stereocenters. The van der Waals surface area contributed by atoms with E-state index in [0.29, 0.717) is 5.56 Å². The zero-order valence-corrected chi connectivity index (χ0v) is 13.9. The lowest BCUT2D eigenvalue weighted by Crippen LogP contribution is -2.51. The lowest BCUT2D eigenvalue weighted by molar-refractivity contribution is -0.160. The fraction of sp³-hybridized carbons (Fsp3) is 0.294. The number of carbonyl (C=O) groups is 2. The molecule has 9 heteroatoms. The van der Waals surface area contributed by atoms with Gasteiger partial charge in [0.25, 0.3) is 5.91 Å². The predicted octanol–water partition coefficient (Wildman–Crippen LogP) is 1.08. The van der Waals surface area contributed by atoms with E-state index >= 15 is 0 Å². The second-order valence-electron chi connectivity index (χ2n) is 5.78. The van der Waals surface area contributed by atoms with E-state index < -0.39 is 23.9 Å². The molecule has 1 N–H and O–H groups in total. The number of morpholine rings is 1. The molecule has 0 bridgehead atoms. The number of hydrogen-bond acceptors (Lipinski definition) is 5. The lowest BCUT2D eigenvalue weighted by Gasteiger charge is -2.38. The Morgan fingerprint density at radius 1 is 1.42 bits per heavy atom. The third-order valence-electron chi connectivity index (χ3n) is 4.08. The molecular weight excluding hydrogens is 341 g/mol. The SMILES string of the molecule is CN1C(=O)COC(C(=O)Nc2ccn(CC#N)n2)C1c1ccc(F)cc1. The van der Waals surface area contributed by atoms with Gasteiger partial charge in [-0.15, -0.1) is 0 Å². The van der Waals surface area contributed by atoms with Crippen LogP contribution < -0.4 is 5.32 Å². The normalized spacial score (nSPS) is 19.9. The number of hydrogen-bond donors (Lipinski definition) is 1. The number of aromatic nitrogens is 2. The first-order chi connectivity index (χ1) is 12.5. The number of carbonyl (C=O) groups excluding carboxylic acids is 2. The first kappa shape index (κ1) is 17.6. The quantitative estimate of drug-likeness (QED) is 0.883. The third-order valence-corrected chi connectivity index (χ3v) is 4.08. The molecule has 2 amide bonds. The molecule has 1 aliphatic rings. The molecule has 1 saturated heterocycles. The number of nitriles is 1. The van der Waals surface area contributed by atoms with Crippen LogP contribution in [0, 0.1) is 17.1 Å². The van der Waals surface area contributed by atoms with Crippen LogP contribution >= 0.6 is 0 Å². The maximum atomic E-state index is 13.2. The number of likely N-dealkylation sites (N-methyl/N-ethyl adjacent to an activating group) is 1. The zero-order chi connectivity index (χ0) is 18.7. The van der Waals surface area contributed by atoms with E-state index in [1.54, 1.807) is 19.3 Å². The lowest BCUT2D eigenvalue weighted by atomic mass is 9.97. The summed E-state index contributed by atoms with van der Waals surface area (Å²) in [5.41, 5.74) is 0.581. The number of rotatable bonds is 4. The van der Waals surface area contributed by atoms with Gasteiger partial charge in [-0.1, -0.05) is 12.1 Å². The molecule has 0 aliphatic carbocycles. The van der Waals surface area contributed by atoms with Gasteiger partial charge in [-0.05, 0) is 17.7 Å². The van der Waals surface area contributed by atoms with Crippen LogP contribution in [0.5, 0.6) is 0 Å². The Bertz CT molecular complexity index is 858. The molecule has 0 saturated carbocycles. The highest BCUT2D eigenvalue weighted by Gasteiger charge is 2.40. The molecule has 2 heterocycles. The summed E-state index contributed by atoms with van der Waals surface area (Å²) in [6.07, 6.45) is 0.581. The maximum Gasteiger partial charge on any atom is 0.257 e. The standard InChI is InChI=1S/C17H16FN5O3/c1-22-14(24)10-26-16(15(22)11-2-4-12(18)5-3-11)17(25)20-13-6-8-23(21-13)9-7-19/h2-6,8,15-16H,9-10H2,1H3,(H,20,21,25). The highest BCUT2D eigenvalue weighted by Crippen LogP contribution is 2.30. The summed E-state index contributed by atoms with van der Waals surface area (Å²) in [5, 5.41) is 15.3. The van der Waals surface area contributed by atoms with Crippen molar-refractivity contribution in [3.05, 3.63) is 47.9 Å². The van der Waals surface area contributed by atoms with E-state index in [2.05, 4.69) is 10.4 Å². The van der Waals surface area contributed by atoms with Gasteiger partial charge in [-0.3, -0.25) is 14.3 Å². The minimum atomic E-state index is -0.982. The molecular formula is C17H16FN5O3. The fourth-order valence-corrected chi connectivity index (χ4v) is 2.78. The van der Waals surface area contributed by atoms with Gasteiger partial charge in [0.15, 0.2) is 11.9 Å². The molecule has 2 aromatic rings. The zero-order valence-electron chi connectivity index (χ0n) is 13.9. The van der Waals surface area contributed by atoms with Crippen LogP contribution in [0.2, 0.25) is 0 Å². The highest BCUT2D eigenvalue weighted by molar-refractivity contribution is 5.95. The molecule has 1 aromatic carbocycles.